The van der Waals surface area contributed by atoms with E-state index in [2.05, 4.69) is 0 Å². The lowest BCUT2D eigenvalue weighted by Gasteiger charge is -2.18. The number of carboxylic acids is 1. The Morgan fingerprint density at radius 3 is 2.41 bits per heavy atom. The van der Waals surface area contributed by atoms with E-state index in [4.69, 9.17) is 27.9 Å². The molecule has 2 aromatic carbocycles. The van der Waals surface area contributed by atoms with Gasteiger partial charge in [0.2, 0.25) is 0 Å². The van der Waals surface area contributed by atoms with E-state index in [-0.39, 0.29) is 21.4 Å². The fraction of sp³-hybridized carbons (Fsp3) is 0.250. The topological polar surface area (TPSA) is 85.6 Å². The number of aromatic nitrogens is 1. The second-order valence-corrected chi connectivity index (χ2v) is 9.91. The number of halogens is 2. The molecular weight excluding hydrogens is 437 g/mol. The molecule has 29 heavy (non-hydrogen) atoms. The molecule has 0 atom stereocenters. The van der Waals surface area contributed by atoms with Crippen LogP contribution in [-0.4, -0.2) is 30.6 Å². The molecule has 0 radical (unpaired) electrons. The van der Waals surface area contributed by atoms with Crippen molar-refractivity contribution in [1.82, 2.24) is 3.97 Å². The normalized spacial score (nSPS) is 12.3. The van der Waals surface area contributed by atoms with Crippen molar-refractivity contribution in [2.24, 2.45) is 5.41 Å². The first-order valence-corrected chi connectivity index (χ1v) is 10.8. The zero-order chi connectivity index (χ0) is 21.6. The first kappa shape index (κ1) is 21.5. The number of carboxylic acid groups (broad SMARTS) is 1. The smallest absolute Gasteiger partial charge is 0.309 e. The van der Waals surface area contributed by atoms with Crippen LogP contribution < -0.4 is 4.74 Å². The number of aliphatic carboxylic acids is 1. The third-order valence-electron chi connectivity index (χ3n) is 4.72. The summed E-state index contributed by atoms with van der Waals surface area (Å²) in [6.07, 6.45) is 1.59. The van der Waals surface area contributed by atoms with Crippen molar-refractivity contribution in [3.63, 3.8) is 0 Å². The number of hydrogen-bond acceptors (Lipinski definition) is 4. The molecule has 6 nitrogen and oxygen atoms in total. The number of fused-ring (bicyclic) bond motifs is 1. The fourth-order valence-corrected chi connectivity index (χ4v) is 4.80. The van der Waals surface area contributed by atoms with Gasteiger partial charge in [-0.25, -0.2) is 12.4 Å². The summed E-state index contributed by atoms with van der Waals surface area (Å²) in [7, 11) is -2.49. The van der Waals surface area contributed by atoms with Crippen LogP contribution in [0, 0.1) is 5.41 Å². The Kier molecular flexibility index (Phi) is 5.60. The van der Waals surface area contributed by atoms with Gasteiger partial charge in [-0.3, -0.25) is 4.79 Å². The first-order chi connectivity index (χ1) is 13.5. The van der Waals surface area contributed by atoms with Gasteiger partial charge in [-0.1, -0.05) is 23.2 Å². The minimum Gasteiger partial charge on any atom is -0.497 e. The van der Waals surface area contributed by atoms with Gasteiger partial charge in [0, 0.05) is 11.6 Å². The van der Waals surface area contributed by atoms with Crippen LogP contribution in [0.15, 0.2) is 47.5 Å². The van der Waals surface area contributed by atoms with Gasteiger partial charge in [-0.05, 0) is 62.2 Å². The SMILES string of the molecule is COc1ccc2c(c1)c(CC(C)(C)C(=O)O)cn2S(=O)(=O)c1ccc(Cl)c(Cl)c1. The maximum atomic E-state index is 13.3. The largest absolute Gasteiger partial charge is 0.497 e. The molecule has 0 saturated heterocycles. The molecule has 0 fully saturated rings. The van der Waals surface area contributed by atoms with E-state index in [1.54, 1.807) is 32.0 Å². The minimum atomic E-state index is -3.99. The van der Waals surface area contributed by atoms with Crippen molar-refractivity contribution < 1.29 is 23.1 Å². The van der Waals surface area contributed by atoms with E-state index in [9.17, 15) is 18.3 Å². The summed E-state index contributed by atoms with van der Waals surface area (Å²) in [4.78, 5) is 11.6. The van der Waals surface area contributed by atoms with Crippen molar-refractivity contribution in [3.05, 3.63) is 58.2 Å². The zero-order valence-corrected chi connectivity index (χ0v) is 18.3. The molecule has 1 aromatic heterocycles. The van der Waals surface area contributed by atoms with Crippen molar-refractivity contribution in [3.8, 4) is 5.75 Å². The lowest BCUT2D eigenvalue weighted by molar-refractivity contribution is -0.146. The highest BCUT2D eigenvalue weighted by atomic mass is 35.5. The van der Waals surface area contributed by atoms with Crippen molar-refractivity contribution >= 4 is 50.1 Å². The maximum Gasteiger partial charge on any atom is 0.309 e. The molecule has 1 heterocycles. The number of ether oxygens (including phenoxy) is 1. The Morgan fingerprint density at radius 2 is 1.83 bits per heavy atom. The Labute approximate surface area is 178 Å². The molecule has 0 unspecified atom stereocenters. The summed E-state index contributed by atoms with van der Waals surface area (Å²) < 4.78 is 33.0. The van der Waals surface area contributed by atoms with Crippen LogP contribution in [0.3, 0.4) is 0 Å². The standard InChI is InChI=1S/C20H19Cl2NO5S/c1-20(2,19(24)25)10-12-11-23(18-7-4-13(28-3)8-15(12)18)29(26,27)14-5-6-16(21)17(22)9-14/h4-9,11H,10H2,1-3H3,(H,24,25). The summed E-state index contributed by atoms with van der Waals surface area (Å²) in [5.41, 5.74) is -0.0989. The summed E-state index contributed by atoms with van der Waals surface area (Å²) in [6, 6.07) is 9.05. The Morgan fingerprint density at radius 1 is 1.14 bits per heavy atom. The average Bonchev–Trinajstić information content (AvgIpc) is 3.01. The third kappa shape index (κ3) is 3.95. The van der Waals surface area contributed by atoms with Crippen LogP contribution >= 0.6 is 23.2 Å². The number of hydrogen-bond donors (Lipinski definition) is 1. The molecule has 9 heteroatoms. The number of carbonyl (C=O) groups is 1. The van der Waals surface area contributed by atoms with E-state index < -0.39 is 21.4 Å². The summed E-state index contributed by atoms with van der Waals surface area (Å²) in [5.74, 6) is -0.440. The second kappa shape index (κ2) is 7.55. The highest BCUT2D eigenvalue weighted by Gasteiger charge is 2.30. The lowest BCUT2D eigenvalue weighted by atomic mass is 9.86. The third-order valence-corrected chi connectivity index (χ3v) is 7.13. The van der Waals surface area contributed by atoms with Crippen molar-refractivity contribution in [2.45, 2.75) is 25.2 Å². The monoisotopic (exact) mass is 455 g/mol. The summed E-state index contributed by atoms with van der Waals surface area (Å²) in [5, 5.41) is 10.5. The number of benzene rings is 2. The zero-order valence-electron chi connectivity index (χ0n) is 15.9. The molecule has 0 bridgehead atoms. The van der Waals surface area contributed by atoms with Gasteiger partial charge < -0.3 is 9.84 Å². The molecule has 0 aliphatic heterocycles. The lowest BCUT2D eigenvalue weighted by Crippen LogP contribution is -2.26. The van der Waals surface area contributed by atoms with E-state index in [1.807, 2.05) is 0 Å². The highest BCUT2D eigenvalue weighted by Crippen LogP contribution is 2.34. The fourth-order valence-electron chi connectivity index (χ4n) is 3.01. The Bertz CT molecular complexity index is 1220. The van der Waals surface area contributed by atoms with Crippen LogP contribution in [-0.2, 0) is 21.2 Å². The highest BCUT2D eigenvalue weighted by molar-refractivity contribution is 7.90. The van der Waals surface area contributed by atoms with E-state index in [0.29, 0.717) is 22.2 Å². The molecule has 0 saturated carbocycles. The van der Waals surface area contributed by atoms with Crippen LogP contribution in [0.25, 0.3) is 10.9 Å². The number of nitrogens with zero attached hydrogens (tertiary/aromatic N) is 1. The van der Waals surface area contributed by atoms with E-state index in [1.165, 1.54) is 31.5 Å². The van der Waals surface area contributed by atoms with Crippen LogP contribution in [0.1, 0.15) is 19.4 Å². The first-order valence-electron chi connectivity index (χ1n) is 8.59. The quantitative estimate of drug-likeness (QED) is 0.574. The van der Waals surface area contributed by atoms with Gasteiger partial charge in [0.15, 0.2) is 0 Å². The van der Waals surface area contributed by atoms with Crippen LogP contribution in [0.4, 0.5) is 0 Å². The molecule has 3 rings (SSSR count). The number of rotatable bonds is 6. The van der Waals surface area contributed by atoms with Crippen LogP contribution in [0.2, 0.25) is 10.0 Å². The molecule has 1 N–H and O–H groups in total. The van der Waals surface area contributed by atoms with Gasteiger partial charge in [-0.15, -0.1) is 0 Å². The Balaban J connectivity index is 2.25. The molecular formula is C20H19Cl2NO5S. The van der Waals surface area contributed by atoms with Gasteiger partial charge in [0.1, 0.15) is 5.75 Å². The number of methoxy groups -OCH3 is 1. The minimum absolute atomic E-state index is 0.0244. The van der Waals surface area contributed by atoms with Crippen molar-refractivity contribution in [2.75, 3.05) is 7.11 Å². The molecule has 0 aliphatic carbocycles. The summed E-state index contributed by atoms with van der Waals surface area (Å²) in [6.45, 7) is 3.18. The predicted molar refractivity (Wildman–Crippen MR) is 113 cm³/mol. The van der Waals surface area contributed by atoms with Gasteiger partial charge in [0.05, 0.1) is 33.0 Å². The molecule has 3 aromatic rings. The van der Waals surface area contributed by atoms with Gasteiger partial charge in [-0.2, -0.15) is 0 Å². The van der Waals surface area contributed by atoms with Gasteiger partial charge >= 0.3 is 5.97 Å². The average molecular weight is 456 g/mol. The van der Waals surface area contributed by atoms with E-state index in [0.717, 1.165) is 3.97 Å². The molecule has 0 spiro atoms. The molecule has 0 amide bonds. The predicted octanol–water partition coefficient (Wildman–Crippen LogP) is 4.85. The second-order valence-electron chi connectivity index (χ2n) is 7.28. The maximum absolute atomic E-state index is 13.3. The van der Waals surface area contributed by atoms with E-state index >= 15 is 0 Å². The summed E-state index contributed by atoms with van der Waals surface area (Å²) >= 11 is 11.9. The Hall–Kier alpha value is -2.22. The van der Waals surface area contributed by atoms with Gasteiger partial charge in [0.25, 0.3) is 10.0 Å². The molecule has 154 valence electrons. The van der Waals surface area contributed by atoms with Crippen molar-refractivity contribution in [1.29, 1.82) is 0 Å². The van der Waals surface area contributed by atoms with Crippen LogP contribution in [0.5, 0.6) is 5.75 Å². The molecule has 0 aliphatic rings.